The van der Waals surface area contributed by atoms with Crippen LogP contribution in [0, 0.1) is 11.7 Å². The van der Waals surface area contributed by atoms with Crippen LogP contribution in [0.15, 0.2) is 12.1 Å². The quantitative estimate of drug-likeness (QED) is 0.760. The molecule has 3 N–H and O–H groups in total. The van der Waals surface area contributed by atoms with E-state index in [0.29, 0.717) is 12.8 Å². The Bertz CT molecular complexity index is 584. The predicted molar refractivity (Wildman–Crippen MR) is 73.9 cm³/mol. The van der Waals surface area contributed by atoms with Crippen LogP contribution >= 0.6 is 12.4 Å². The number of aliphatic hydroxyl groups is 1. The molecule has 2 nitrogen and oxygen atoms in total. The molecule has 1 aromatic rings. The lowest BCUT2D eigenvalue weighted by molar-refractivity contribution is -0.144. The highest BCUT2D eigenvalue weighted by Crippen LogP contribution is 2.42. The van der Waals surface area contributed by atoms with E-state index in [1.165, 1.54) is 0 Å². The average molecular weight is 382 g/mol. The predicted octanol–water partition coefficient (Wildman–Crippen LogP) is 4.45. The molecule has 1 fully saturated rings. The number of hydrogen-bond acceptors (Lipinski definition) is 2. The van der Waals surface area contributed by atoms with Crippen LogP contribution in [0.1, 0.15) is 42.0 Å². The van der Waals surface area contributed by atoms with Gasteiger partial charge in [-0.15, -0.1) is 12.4 Å². The zero-order valence-electron chi connectivity index (χ0n) is 12.1. The molecule has 0 unspecified atom stereocenters. The Balaban J connectivity index is 0.00000288. The van der Waals surface area contributed by atoms with Gasteiger partial charge in [0.25, 0.3) is 0 Å². The molecular weight excluding hydrogens is 367 g/mol. The molecule has 10 heteroatoms. The van der Waals surface area contributed by atoms with Crippen molar-refractivity contribution in [2.24, 2.45) is 11.7 Å². The highest BCUT2D eigenvalue weighted by Gasteiger charge is 2.43. The van der Waals surface area contributed by atoms with E-state index in [0.717, 1.165) is 6.42 Å². The van der Waals surface area contributed by atoms with Gasteiger partial charge in [-0.25, -0.2) is 4.39 Å². The molecule has 0 bridgehead atoms. The first kappa shape index (κ1) is 21.0. The molecule has 2 rings (SSSR count). The van der Waals surface area contributed by atoms with Crippen LogP contribution in [0.2, 0.25) is 0 Å². The van der Waals surface area contributed by atoms with Crippen molar-refractivity contribution in [3.8, 4) is 0 Å². The molecule has 1 saturated carbocycles. The van der Waals surface area contributed by atoms with Gasteiger partial charge in [-0.05, 0) is 30.9 Å². The van der Waals surface area contributed by atoms with Crippen LogP contribution in [0.3, 0.4) is 0 Å². The molecule has 0 spiro atoms. The van der Waals surface area contributed by atoms with E-state index in [2.05, 4.69) is 0 Å². The molecule has 0 aromatic heterocycles. The fraction of sp³-hybridized carbons (Fsp3) is 0.571. The Morgan fingerprint density at radius 3 is 1.96 bits per heavy atom. The van der Waals surface area contributed by atoms with E-state index in [-0.39, 0.29) is 30.5 Å². The van der Waals surface area contributed by atoms with Gasteiger partial charge in [0.15, 0.2) is 0 Å². The Kier molecular flexibility index (Phi) is 6.16. The second-order valence-corrected chi connectivity index (χ2v) is 5.62. The maximum absolute atomic E-state index is 14.0. The Morgan fingerprint density at radius 2 is 1.58 bits per heavy atom. The molecule has 1 aliphatic rings. The third kappa shape index (κ3) is 4.12. The third-order valence-corrected chi connectivity index (χ3v) is 4.10. The van der Waals surface area contributed by atoms with Crippen LogP contribution in [-0.4, -0.2) is 11.2 Å². The SMILES string of the molecule is Cl.N[C@H](c1c(F)cc(C(F)(F)F)cc1C(F)(F)F)[C@@H](O)C1CCC1. The highest BCUT2D eigenvalue weighted by molar-refractivity contribution is 5.85. The maximum atomic E-state index is 14.0. The number of rotatable bonds is 3. The van der Waals surface area contributed by atoms with Gasteiger partial charge in [0.2, 0.25) is 0 Å². The van der Waals surface area contributed by atoms with E-state index < -0.39 is 47.0 Å². The minimum Gasteiger partial charge on any atom is -0.391 e. The van der Waals surface area contributed by atoms with Crippen molar-refractivity contribution in [3.63, 3.8) is 0 Å². The second-order valence-electron chi connectivity index (χ2n) is 5.62. The Hall–Kier alpha value is -1.06. The van der Waals surface area contributed by atoms with Crippen LogP contribution < -0.4 is 5.73 Å². The fourth-order valence-electron chi connectivity index (χ4n) is 2.60. The lowest BCUT2D eigenvalue weighted by Gasteiger charge is -2.34. The molecule has 0 saturated heterocycles. The summed E-state index contributed by atoms with van der Waals surface area (Å²) in [4.78, 5) is 0. The largest absolute Gasteiger partial charge is 0.416 e. The molecule has 0 radical (unpaired) electrons. The van der Waals surface area contributed by atoms with Gasteiger partial charge in [0.05, 0.1) is 23.3 Å². The van der Waals surface area contributed by atoms with Crippen molar-refractivity contribution in [2.45, 2.75) is 43.8 Å². The zero-order chi connectivity index (χ0) is 17.6. The van der Waals surface area contributed by atoms with Crippen LogP contribution in [0.5, 0.6) is 0 Å². The molecule has 1 aliphatic carbocycles. The lowest BCUT2D eigenvalue weighted by atomic mass is 9.77. The highest BCUT2D eigenvalue weighted by atomic mass is 35.5. The van der Waals surface area contributed by atoms with Crippen LogP contribution in [-0.2, 0) is 12.4 Å². The van der Waals surface area contributed by atoms with Gasteiger partial charge in [-0.1, -0.05) is 6.42 Å². The number of benzene rings is 1. The lowest BCUT2D eigenvalue weighted by Crippen LogP contribution is -2.38. The first-order chi connectivity index (χ1) is 10.4. The Labute approximate surface area is 139 Å². The molecule has 138 valence electrons. The maximum Gasteiger partial charge on any atom is 0.416 e. The van der Waals surface area contributed by atoms with Crippen molar-refractivity contribution in [1.29, 1.82) is 0 Å². The van der Waals surface area contributed by atoms with E-state index in [4.69, 9.17) is 5.73 Å². The van der Waals surface area contributed by atoms with Crippen molar-refractivity contribution in [1.82, 2.24) is 0 Å². The van der Waals surface area contributed by atoms with Gasteiger partial charge in [0, 0.05) is 5.56 Å². The number of alkyl halides is 6. The van der Waals surface area contributed by atoms with E-state index in [1.54, 1.807) is 0 Å². The third-order valence-electron chi connectivity index (χ3n) is 4.10. The first-order valence-electron chi connectivity index (χ1n) is 6.84. The molecular formula is C14H15ClF7NO. The summed E-state index contributed by atoms with van der Waals surface area (Å²) in [6.45, 7) is 0. The summed E-state index contributed by atoms with van der Waals surface area (Å²) in [5.74, 6) is -2.11. The summed E-state index contributed by atoms with van der Waals surface area (Å²) in [5, 5.41) is 9.95. The summed E-state index contributed by atoms with van der Waals surface area (Å²) >= 11 is 0. The van der Waals surface area contributed by atoms with E-state index >= 15 is 0 Å². The van der Waals surface area contributed by atoms with E-state index in [1.807, 2.05) is 0 Å². The molecule has 2 atom stereocenters. The van der Waals surface area contributed by atoms with Crippen molar-refractivity contribution in [3.05, 3.63) is 34.6 Å². The van der Waals surface area contributed by atoms with Gasteiger partial charge < -0.3 is 10.8 Å². The molecule has 24 heavy (non-hydrogen) atoms. The number of halogens is 8. The van der Waals surface area contributed by atoms with Crippen LogP contribution in [0.4, 0.5) is 30.7 Å². The molecule has 0 amide bonds. The summed E-state index contributed by atoms with van der Waals surface area (Å²) in [5.41, 5.74) is 0.838. The van der Waals surface area contributed by atoms with Crippen LogP contribution in [0.25, 0.3) is 0 Å². The summed E-state index contributed by atoms with van der Waals surface area (Å²) in [6, 6.07) is -1.96. The summed E-state index contributed by atoms with van der Waals surface area (Å²) in [6.07, 6.45) is -9.99. The molecule has 0 heterocycles. The smallest absolute Gasteiger partial charge is 0.391 e. The average Bonchev–Trinajstić information content (AvgIpc) is 2.32. The minimum absolute atomic E-state index is 0. The number of nitrogens with two attached hydrogens (primary N) is 1. The van der Waals surface area contributed by atoms with Gasteiger partial charge in [-0.3, -0.25) is 0 Å². The van der Waals surface area contributed by atoms with Gasteiger partial charge in [0.1, 0.15) is 5.82 Å². The monoisotopic (exact) mass is 381 g/mol. The minimum atomic E-state index is -5.23. The van der Waals surface area contributed by atoms with Crippen molar-refractivity contribution >= 4 is 12.4 Å². The topological polar surface area (TPSA) is 46.2 Å². The van der Waals surface area contributed by atoms with Gasteiger partial charge in [-0.2, -0.15) is 26.3 Å². The molecule has 1 aromatic carbocycles. The number of hydrogen-bond donors (Lipinski definition) is 2. The summed E-state index contributed by atoms with van der Waals surface area (Å²) < 4.78 is 90.9. The van der Waals surface area contributed by atoms with Crippen molar-refractivity contribution in [2.75, 3.05) is 0 Å². The Morgan fingerprint density at radius 1 is 1.04 bits per heavy atom. The normalized spacial score (nSPS) is 18.5. The fourth-order valence-corrected chi connectivity index (χ4v) is 2.60. The second kappa shape index (κ2) is 7.05. The van der Waals surface area contributed by atoms with Crippen molar-refractivity contribution < 1.29 is 35.8 Å². The standard InChI is InChI=1S/C14H14F7NO.ClH/c15-9-5-7(13(16,17)18)4-8(14(19,20)21)10(9)11(22)12(23)6-2-1-3-6;/h4-6,11-12,23H,1-3,22H2;1H/t11-,12+;/m1./s1. The first-order valence-corrected chi connectivity index (χ1v) is 6.84. The summed E-state index contributed by atoms with van der Waals surface area (Å²) in [7, 11) is 0. The van der Waals surface area contributed by atoms with Gasteiger partial charge >= 0.3 is 12.4 Å². The van der Waals surface area contributed by atoms with E-state index in [9.17, 15) is 35.8 Å². The number of aliphatic hydroxyl groups excluding tert-OH is 1. The molecule has 0 aliphatic heterocycles. The zero-order valence-corrected chi connectivity index (χ0v) is 12.9.